The van der Waals surface area contributed by atoms with Crippen LogP contribution >= 0.6 is 18.2 Å². The highest BCUT2D eigenvalue weighted by Crippen LogP contribution is 2.63. The minimum atomic E-state index is -3.32. The standard InChI is InChI=1S/C17H25O4PS/c1-5-20-22(19,21-6-2)23-17(14(3)4)16(18)13-12-15-10-8-7-9-11-15/h7-14,17H,5-6H2,1-4H3/b13-12+. The lowest BCUT2D eigenvalue weighted by Crippen LogP contribution is -2.21. The lowest BCUT2D eigenvalue weighted by molar-refractivity contribution is -0.114. The van der Waals surface area contributed by atoms with Gasteiger partial charge >= 0.3 is 6.80 Å². The van der Waals surface area contributed by atoms with Crippen LogP contribution in [0.4, 0.5) is 0 Å². The van der Waals surface area contributed by atoms with Gasteiger partial charge in [0.15, 0.2) is 5.78 Å². The molecule has 0 aromatic heterocycles. The van der Waals surface area contributed by atoms with Crippen molar-refractivity contribution in [1.82, 2.24) is 0 Å². The molecule has 4 nitrogen and oxygen atoms in total. The SMILES string of the molecule is CCOP(=O)(OCC)SC(C(=O)/C=C/c1ccccc1)C(C)C. The molecule has 0 aliphatic rings. The third-order valence-corrected chi connectivity index (χ3v) is 7.44. The first-order valence-electron chi connectivity index (χ1n) is 7.76. The lowest BCUT2D eigenvalue weighted by Gasteiger charge is -2.23. The van der Waals surface area contributed by atoms with E-state index < -0.39 is 12.0 Å². The summed E-state index contributed by atoms with van der Waals surface area (Å²) in [5, 5.41) is -0.473. The van der Waals surface area contributed by atoms with Crippen LogP contribution in [0.15, 0.2) is 36.4 Å². The summed E-state index contributed by atoms with van der Waals surface area (Å²) in [6, 6.07) is 9.60. The Balaban J connectivity index is 2.86. The molecule has 0 bridgehead atoms. The first-order valence-corrected chi connectivity index (χ1v) is 10.8. The number of ketones is 1. The molecule has 0 saturated heterocycles. The molecule has 6 heteroatoms. The van der Waals surface area contributed by atoms with E-state index in [0.29, 0.717) is 0 Å². The maximum Gasteiger partial charge on any atom is 0.389 e. The number of hydrogen-bond acceptors (Lipinski definition) is 5. The van der Waals surface area contributed by atoms with Crippen molar-refractivity contribution in [3.8, 4) is 0 Å². The first-order chi connectivity index (χ1) is 10.9. The zero-order chi connectivity index (χ0) is 17.3. The van der Waals surface area contributed by atoms with Gasteiger partial charge in [0.25, 0.3) is 0 Å². The van der Waals surface area contributed by atoms with E-state index in [2.05, 4.69) is 0 Å². The summed E-state index contributed by atoms with van der Waals surface area (Å²) in [5.74, 6) is -0.0735. The number of benzene rings is 1. The minimum Gasteiger partial charge on any atom is -0.301 e. The van der Waals surface area contributed by atoms with Gasteiger partial charge in [-0.2, -0.15) is 0 Å². The quantitative estimate of drug-likeness (QED) is 0.425. The molecule has 1 aromatic rings. The van der Waals surface area contributed by atoms with Gasteiger partial charge in [0.1, 0.15) is 0 Å². The predicted octanol–water partition coefficient (Wildman–Crippen LogP) is 5.21. The van der Waals surface area contributed by atoms with Gasteiger partial charge in [0, 0.05) is 0 Å². The van der Waals surface area contributed by atoms with Crippen LogP contribution in [-0.4, -0.2) is 24.2 Å². The van der Waals surface area contributed by atoms with Crippen LogP contribution in [0.1, 0.15) is 33.3 Å². The number of allylic oxidation sites excluding steroid dienone is 1. The first kappa shape index (κ1) is 20.2. The van der Waals surface area contributed by atoms with E-state index in [0.717, 1.165) is 16.9 Å². The average Bonchev–Trinajstić information content (AvgIpc) is 2.51. The lowest BCUT2D eigenvalue weighted by atomic mass is 10.1. The molecule has 0 aliphatic carbocycles. The Bertz CT molecular complexity index is 547. The molecule has 0 fully saturated rings. The number of carbonyl (C=O) groups excluding carboxylic acids is 1. The average molecular weight is 356 g/mol. The van der Waals surface area contributed by atoms with Crippen molar-refractivity contribution in [3.63, 3.8) is 0 Å². The Morgan fingerprint density at radius 3 is 2.22 bits per heavy atom. The van der Waals surface area contributed by atoms with Gasteiger partial charge in [-0.3, -0.25) is 4.79 Å². The summed E-state index contributed by atoms with van der Waals surface area (Å²) in [5.41, 5.74) is 0.950. The van der Waals surface area contributed by atoms with Gasteiger partial charge in [-0.25, -0.2) is 4.57 Å². The van der Waals surface area contributed by atoms with Crippen molar-refractivity contribution in [2.75, 3.05) is 13.2 Å². The molecule has 0 spiro atoms. The molecule has 0 amide bonds. The Hall–Kier alpha value is -0.870. The van der Waals surface area contributed by atoms with Gasteiger partial charge in [0.2, 0.25) is 0 Å². The van der Waals surface area contributed by atoms with Crippen molar-refractivity contribution in [1.29, 1.82) is 0 Å². The van der Waals surface area contributed by atoms with Gasteiger partial charge in [-0.05, 0) is 42.8 Å². The van der Waals surface area contributed by atoms with Crippen LogP contribution in [0.25, 0.3) is 6.08 Å². The van der Waals surface area contributed by atoms with E-state index in [-0.39, 0.29) is 24.9 Å². The molecule has 0 aliphatic heterocycles. The highest BCUT2D eigenvalue weighted by molar-refractivity contribution is 8.55. The maximum absolute atomic E-state index is 12.6. The molecule has 23 heavy (non-hydrogen) atoms. The molecule has 0 radical (unpaired) electrons. The second-order valence-corrected chi connectivity index (χ2v) is 9.30. The van der Waals surface area contributed by atoms with Crippen LogP contribution in [0.3, 0.4) is 0 Å². The highest BCUT2D eigenvalue weighted by atomic mass is 32.7. The largest absolute Gasteiger partial charge is 0.389 e. The molecule has 1 unspecified atom stereocenters. The molecule has 0 N–H and O–H groups in total. The molecule has 128 valence electrons. The smallest absolute Gasteiger partial charge is 0.301 e. The summed E-state index contributed by atoms with van der Waals surface area (Å²) in [6.45, 7) is 4.61. The molecular formula is C17H25O4PS. The van der Waals surface area contributed by atoms with Crippen molar-refractivity contribution in [2.24, 2.45) is 5.92 Å². The summed E-state index contributed by atoms with van der Waals surface area (Å²) < 4.78 is 23.2. The second-order valence-electron chi connectivity index (χ2n) is 5.20. The molecular weight excluding hydrogens is 331 g/mol. The minimum absolute atomic E-state index is 0.0159. The van der Waals surface area contributed by atoms with Crippen molar-refractivity contribution >= 4 is 30.0 Å². The van der Waals surface area contributed by atoms with Crippen LogP contribution in [-0.2, 0) is 18.4 Å². The van der Waals surface area contributed by atoms with E-state index >= 15 is 0 Å². The number of hydrogen-bond donors (Lipinski definition) is 0. The van der Waals surface area contributed by atoms with Crippen molar-refractivity contribution in [3.05, 3.63) is 42.0 Å². The Labute approximate surface area is 142 Å². The molecule has 0 heterocycles. The Morgan fingerprint density at radius 2 is 1.74 bits per heavy atom. The monoisotopic (exact) mass is 356 g/mol. The van der Waals surface area contributed by atoms with Crippen LogP contribution in [0, 0.1) is 5.92 Å². The van der Waals surface area contributed by atoms with Gasteiger partial charge < -0.3 is 9.05 Å². The normalized spacial score (nSPS) is 13.6. The summed E-state index contributed by atoms with van der Waals surface area (Å²) in [6.07, 6.45) is 3.31. The summed E-state index contributed by atoms with van der Waals surface area (Å²) in [7, 11) is 0. The Morgan fingerprint density at radius 1 is 1.17 bits per heavy atom. The van der Waals surface area contributed by atoms with E-state index in [9.17, 15) is 9.36 Å². The van der Waals surface area contributed by atoms with Crippen molar-refractivity contribution in [2.45, 2.75) is 32.9 Å². The fourth-order valence-electron chi connectivity index (χ4n) is 1.89. The van der Waals surface area contributed by atoms with Gasteiger partial charge in [-0.15, -0.1) is 0 Å². The number of carbonyl (C=O) groups is 1. The topological polar surface area (TPSA) is 52.6 Å². The molecule has 1 atom stereocenters. The zero-order valence-electron chi connectivity index (χ0n) is 14.1. The summed E-state index contributed by atoms with van der Waals surface area (Å²) in [4.78, 5) is 12.5. The third-order valence-electron chi connectivity index (χ3n) is 2.94. The Kier molecular flexibility index (Phi) is 8.85. The third kappa shape index (κ3) is 7.05. The number of rotatable bonds is 10. The summed E-state index contributed by atoms with van der Waals surface area (Å²) >= 11 is 1.00. The predicted molar refractivity (Wildman–Crippen MR) is 97.6 cm³/mol. The van der Waals surface area contributed by atoms with Crippen molar-refractivity contribution < 1.29 is 18.4 Å². The highest BCUT2D eigenvalue weighted by Gasteiger charge is 2.34. The molecule has 0 saturated carbocycles. The van der Waals surface area contributed by atoms with Gasteiger partial charge in [-0.1, -0.05) is 50.3 Å². The van der Waals surface area contributed by atoms with E-state index in [1.54, 1.807) is 19.9 Å². The van der Waals surface area contributed by atoms with E-state index in [1.165, 1.54) is 6.08 Å². The van der Waals surface area contributed by atoms with Gasteiger partial charge in [0.05, 0.1) is 18.5 Å². The molecule has 1 aromatic carbocycles. The van der Waals surface area contributed by atoms with E-state index in [1.807, 2.05) is 44.2 Å². The molecule has 1 rings (SSSR count). The maximum atomic E-state index is 12.6. The fourth-order valence-corrected chi connectivity index (χ4v) is 6.30. The zero-order valence-corrected chi connectivity index (χ0v) is 15.8. The van der Waals surface area contributed by atoms with Crippen LogP contribution in [0.5, 0.6) is 0 Å². The fraction of sp³-hybridized carbons (Fsp3) is 0.471. The second kappa shape index (κ2) is 10.1. The van der Waals surface area contributed by atoms with Crippen LogP contribution < -0.4 is 0 Å². The van der Waals surface area contributed by atoms with E-state index in [4.69, 9.17) is 9.05 Å². The van der Waals surface area contributed by atoms with Crippen LogP contribution in [0.2, 0.25) is 0 Å².